The minimum Gasteiger partial charge on any atom is -0.489 e. The zero-order valence-corrected chi connectivity index (χ0v) is 15.1. The molecule has 4 rings (SSSR count). The molecule has 2 heterocycles. The molecular formula is C21H21ClN2O. The highest BCUT2D eigenvalue weighted by molar-refractivity contribution is 6.31. The lowest BCUT2D eigenvalue weighted by atomic mass is 10.1. The number of ether oxygens (including phenoxy) is 1. The third-order valence-electron chi connectivity index (χ3n) is 4.69. The van der Waals surface area contributed by atoms with Crippen LogP contribution in [0.15, 0.2) is 48.5 Å². The quantitative estimate of drug-likeness (QED) is 0.630. The predicted octanol–water partition coefficient (Wildman–Crippen LogP) is 5.38. The first-order valence-corrected chi connectivity index (χ1v) is 9.11. The van der Waals surface area contributed by atoms with Gasteiger partial charge in [0.05, 0.1) is 5.52 Å². The van der Waals surface area contributed by atoms with Gasteiger partial charge in [-0.05, 0) is 44.0 Å². The summed E-state index contributed by atoms with van der Waals surface area (Å²) in [5, 5.41) is 1.92. The number of aromatic nitrogens is 1. The fourth-order valence-electron chi connectivity index (χ4n) is 3.40. The number of pyridine rings is 1. The maximum Gasteiger partial charge on any atom is 0.122 e. The third kappa shape index (κ3) is 3.42. The van der Waals surface area contributed by atoms with Gasteiger partial charge < -0.3 is 9.64 Å². The summed E-state index contributed by atoms with van der Waals surface area (Å²) in [4.78, 5) is 7.17. The summed E-state index contributed by atoms with van der Waals surface area (Å²) in [6.45, 7) is 4.76. The van der Waals surface area contributed by atoms with E-state index in [2.05, 4.69) is 24.0 Å². The molecule has 1 fully saturated rings. The van der Waals surface area contributed by atoms with Crippen molar-refractivity contribution in [2.24, 2.45) is 0 Å². The van der Waals surface area contributed by atoms with Crippen LogP contribution in [0.25, 0.3) is 10.9 Å². The summed E-state index contributed by atoms with van der Waals surface area (Å²) in [7, 11) is 0. The predicted molar refractivity (Wildman–Crippen MR) is 104 cm³/mol. The Kier molecular flexibility index (Phi) is 4.50. The average molecular weight is 353 g/mol. The minimum absolute atomic E-state index is 0.454. The SMILES string of the molecule is Cc1cc(N2CCCC2)c2ccc(OCc3ccccc3Cl)cc2n1. The Morgan fingerprint density at radius 3 is 2.68 bits per heavy atom. The number of benzene rings is 2. The molecule has 4 heteroatoms. The number of hydrogen-bond acceptors (Lipinski definition) is 3. The van der Waals surface area contributed by atoms with Gasteiger partial charge >= 0.3 is 0 Å². The molecule has 3 nitrogen and oxygen atoms in total. The lowest BCUT2D eigenvalue weighted by molar-refractivity contribution is 0.306. The van der Waals surface area contributed by atoms with Crippen molar-refractivity contribution in [1.82, 2.24) is 4.98 Å². The van der Waals surface area contributed by atoms with Crippen LogP contribution in [-0.2, 0) is 6.61 Å². The second-order valence-corrected chi connectivity index (χ2v) is 6.94. The Balaban J connectivity index is 1.62. The molecular weight excluding hydrogens is 332 g/mol. The normalized spacial score (nSPS) is 14.2. The van der Waals surface area contributed by atoms with Crippen molar-refractivity contribution in [2.45, 2.75) is 26.4 Å². The summed E-state index contributed by atoms with van der Waals surface area (Å²) in [5.41, 5.74) is 4.30. The number of hydrogen-bond donors (Lipinski definition) is 0. The highest BCUT2D eigenvalue weighted by atomic mass is 35.5. The Morgan fingerprint density at radius 1 is 1.08 bits per heavy atom. The largest absolute Gasteiger partial charge is 0.489 e. The van der Waals surface area contributed by atoms with Crippen molar-refractivity contribution in [3.05, 3.63) is 64.8 Å². The van der Waals surface area contributed by atoms with E-state index >= 15 is 0 Å². The molecule has 0 unspecified atom stereocenters. The number of anilines is 1. The monoisotopic (exact) mass is 352 g/mol. The maximum absolute atomic E-state index is 6.20. The molecule has 0 radical (unpaired) electrons. The van der Waals surface area contributed by atoms with Crippen molar-refractivity contribution in [1.29, 1.82) is 0 Å². The average Bonchev–Trinajstić information content (AvgIpc) is 3.14. The van der Waals surface area contributed by atoms with Crippen LogP contribution in [0, 0.1) is 6.92 Å². The molecule has 0 N–H and O–H groups in total. The van der Waals surface area contributed by atoms with E-state index in [1.807, 2.05) is 36.4 Å². The van der Waals surface area contributed by atoms with Crippen LogP contribution >= 0.6 is 11.6 Å². The van der Waals surface area contributed by atoms with Crippen molar-refractivity contribution in [2.75, 3.05) is 18.0 Å². The second-order valence-electron chi connectivity index (χ2n) is 6.54. The molecule has 128 valence electrons. The summed E-state index contributed by atoms with van der Waals surface area (Å²) in [5.74, 6) is 0.817. The zero-order chi connectivity index (χ0) is 17.2. The van der Waals surface area contributed by atoms with E-state index in [0.29, 0.717) is 6.61 Å². The van der Waals surface area contributed by atoms with E-state index in [4.69, 9.17) is 21.3 Å². The summed E-state index contributed by atoms with van der Waals surface area (Å²) < 4.78 is 5.95. The van der Waals surface area contributed by atoms with Crippen LogP contribution in [0.4, 0.5) is 5.69 Å². The van der Waals surface area contributed by atoms with Crippen LogP contribution in [0.5, 0.6) is 5.75 Å². The van der Waals surface area contributed by atoms with E-state index in [-0.39, 0.29) is 0 Å². The number of rotatable bonds is 4. The first kappa shape index (κ1) is 16.2. The number of fused-ring (bicyclic) bond motifs is 1. The lowest BCUT2D eigenvalue weighted by Crippen LogP contribution is -2.18. The standard InChI is InChI=1S/C21H21ClN2O/c1-15-12-21(24-10-4-5-11-24)18-9-8-17(13-20(18)23-15)25-14-16-6-2-3-7-19(16)22/h2-3,6-9,12-13H,4-5,10-11,14H2,1H3. The maximum atomic E-state index is 6.20. The molecule has 1 aromatic heterocycles. The van der Waals surface area contributed by atoms with Gasteiger partial charge in [0.1, 0.15) is 12.4 Å². The third-order valence-corrected chi connectivity index (χ3v) is 5.06. The molecule has 1 saturated heterocycles. The zero-order valence-electron chi connectivity index (χ0n) is 14.3. The van der Waals surface area contributed by atoms with Gasteiger partial charge in [-0.1, -0.05) is 29.8 Å². The first-order valence-electron chi connectivity index (χ1n) is 8.73. The first-order chi connectivity index (χ1) is 12.2. The van der Waals surface area contributed by atoms with Gasteiger partial charge in [0.25, 0.3) is 0 Å². The van der Waals surface area contributed by atoms with E-state index in [1.165, 1.54) is 23.9 Å². The Labute approximate surface area is 153 Å². The van der Waals surface area contributed by atoms with E-state index in [1.54, 1.807) is 0 Å². The fraction of sp³-hybridized carbons (Fsp3) is 0.286. The van der Waals surface area contributed by atoms with E-state index < -0.39 is 0 Å². The molecule has 0 amide bonds. The van der Waals surface area contributed by atoms with Crippen molar-refractivity contribution in [3.8, 4) is 5.75 Å². The van der Waals surface area contributed by atoms with Gasteiger partial charge in [0.15, 0.2) is 0 Å². The molecule has 0 saturated carbocycles. The van der Waals surface area contributed by atoms with Gasteiger partial charge in [0.2, 0.25) is 0 Å². The molecule has 0 aliphatic carbocycles. The Bertz CT molecular complexity index is 904. The summed E-state index contributed by atoms with van der Waals surface area (Å²) >= 11 is 6.20. The molecule has 0 atom stereocenters. The topological polar surface area (TPSA) is 25.4 Å². The number of aryl methyl sites for hydroxylation is 1. The van der Waals surface area contributed by atoms with E-state index in [0.717, 1.165) is 40.6 Å². The number of nitrogens with zero attached hydrogens (tertiary/aromatic N) is 2. The van der Waals surface area contributed by atoms with Gasteiger partial charge in [-0.2, -0.15) is 0 Å². The van der Waals surface area contributed by atoms with Gasteiger partial charge in [-0.25, -0.2) is 0 Å². The molecule has 0 spiro atoms. The smallest absolute Gasteiger partial charge is 0.122 e. The molecule has 25 heavy (non-hydrogen) atoms. The van der Waals surface area contributed by atoms with Crippen molar-refractivity contribution in [3.63, 3.8) is 0 Å². The van der Waals surface area contributed by atoms with Gasteiger partial charge in [0, 0.05) is 46.5 Å². The summed E-state index contributed by atoms with van der Waals surface area (Å²) in [6, 6.07) is 16.1. The van der Waals surface area contributed by atoms with Gasteiger partial charge in [-0.15, -0.1) is 0 Å². The lowest BCUT2D eigenvalue weighted by Gasteiger charge is -2.20. The van der Waals surface area contributed by atoms with Crippen LogP contribution in [0.1, 0.15) is 24.1 Å². The number of halogens is 1. The van der Waals surface area contributed by atoms with Crippen LogP contribution in [-0.4, -0.2) is 18.1 Å². The van der Waals surface area contributed by atoms with Gasteiger partial charge in [-0.3, -0.25) is 4.98 Å². The molecule has 1 aliphatic rings. The molecule has 2 aromatic carbocycles. The van der Waals surface area contributed by atoms with Crippen LogP contribution in [0.2, 0.25) is 5.02 Å². The Morgan fingerprint density at radius 2 is 1.88 bits per heavy atom. The molecule has 0 bridgehead atoms. The highest BCUT2D eigenvalue weighted by Crippen LogP contribution is 2.31. The van der Waals surface area contributed by atoms with Crippen LogP contribution in [0.3, 0.4) is 0 Å². The van der Waals surface area contributed by atoms with E-state index in [9.17, 15) is 0 Å². The minimum atomic E-state index is 0.454. The van der Waals surface area contributed by atoms with Crippen molar-refractivity contribution >= 4 is 28.2 Å². The summed E-state index contributed by atoms with van der Waals surface area (Å²) in [6.07, 6.45) is 2.53. The highest BCUT2D eigenvalue weighted by Gasteiger charge is 2.16. The molecule has 1 aliphatic heterocycles. The second kappa shape index (κ2) is 6.93. The van der Waals surface area contributed by atoms with Crippen molar-refractivity contribution < 1.29 is 4.74 Å². The Hall–Kier alpha value is -2.26. The fourth-order valence-corrected chi connectivity index (χ4v) is 3.59. The van der Waals surface area contributed by atoms with Crippen LogP contribution < -0.4 is 9.64 Å². The molecule has 3 aromatic rings.